The van der Waals surface area contributed by atoms with Crippen LogP contribution in [-0.2, 0) is 0 Å². The largest absolute Gasteiger partial charge is 0.492 e. The average Bonchev–Trinajstić information content (AvgIpc) is 2.37. The molecule has 2 aromatic carbocycles. The molecule has 0 bridgehead atoms. The zero-order chi connectivity index (χ0) is 12.8. The van der Waals surface area contributed by atoms with Crippen molar-refractivity contribution in [1.82, 2.24) is 0 Å². The lowest BCUT2D eigenvalue weighted by Gasteiger charge is -2.09. The van der Waals surface area contributed by atoms with Gasteiger partial charge in [0.1, 0.15) is 18.2 Å². The Morgan fingerprint density at radius 1 is 1.11 bits per heavy atom. The van der Waals surface area contributed by atoms with Crippen LogP contribution >= 0.6 is 0 Å². The fourth-order valence-corrected chi connectivity index (χ4v) is 1.65. The number of hydrogen-bond acceptors (Lipinski definition) is 2. The number of nitrogens with one attached hydrogen (secondary N) is 1. The van der Waals surface area contributed by atoms with Gasteiger partial charge in [-0.1, -0.05) is 12.1 Å². The van der Waals surface area contributed by atoms with Crippen molar-refractivity contribution in [2.24, 2.45) is 0 Å². The van der Waals surface area contributed by atoms with Crippen LogP contribution in [0.1, 0.15) is 5.56 Å². The number of halogens is 1. The molecule has 18 heavy (non-hydrogen) atoms. The van der Waals surface area contributed by atoms with Gasteiger partial charge in [0.05, 0.1) is 0 Å². The fraction of sp³-hybridized carbons (Fsp3) is 0.200. The van der Waals surface area contributed by atoms with E-state index in [1.807, 2.05) is 12.1 Å². The third-order valence-corrected chi connectivity index (χ3v) is 2.53. The third-order valence-electron chi connectivity index (χ3n) is 2.53. The molecule has 0 aliphatic rings. The minimum atomic E-state index is -0.250. The first-order valence-electron chi connectivity index (χ1n) is 5.93. The Morgan fingerprint density at radius 3 is 2.61 bits per heavy atom. The van der Waals surface area contributed by atoms with Gasteiger partial charge in [-0.05, 0) is 48.9 Å². The average molecular weight is 245 g/mol. The maximum absolute atomic E-state index is 12.7. The summed E-state index contributed by atoms with van der Waals surface area (Å²) in [5, 5.41) is 3.27. The van der Waals surface area contributed by atoms with Crippen molar-refractivity contribution in [3.63, 3.8) is 0 Å². The lowest BCUT2D eigenvalue weighted by atomic mass is 10.2. The Bertz CT molecular complexity index is 496. The van der Waals surface area contributed by atoms with Crippen molar-refractivity contribution in [2.45, 2.75) is 6.92 Å². The van der Waals surface area contributed by atoms with Gasteiger partial charge in [0, 0.05) is 12.2 Å². The van der Waals surface area contributed by atoms with Gasteiger partial charge in [0.15, 0.2) is 0 Å². The van der Waals surface area contributed by atoms with Gasteiger partial charge in [-0.15, -0.1) is 0 Å². The Hall–Kier alpha value is -2.03. The maximum Gasteiger partial charge on any atom is 0.123 e. The van der Waals surface area contributed by atoms with E-state index in [0.29, 0.717) is 18.9 Å². The molecule has 2 aromatic rings. The number of rotatable bonds is 5. The molecule has 2 nitrogen and oxygen atoms in total. The Kier molecular flexibility index (Phi) is 4.18. The molecule has 0 amide bonds. The van der Waals surface area contributed by atoms with Crippen molar-refractivity contribution < 1.29 is 9.13 Å². The smallest absolute Gasteiger partial charge is 0.123 e. The molecule has 0 saturated carbocycles. The standard InChI is InChI=1S/C15H16FNO/c1-12-3-2-4-14(11-12)17-9-10-18-15-7-5-13(16)6-8-15/h2-8,11,17H,9-10H2,1H3. The molecular weight excluding hydrogens is 229 g/mol. The van der Waals surface area contributed by atoms with Gasteiger partial charge in [-0.2, -0.15) is 0 Å². The number of anilines is 1. The predicted molar refractivity (Wildman–Crippen MR) is 71.6 cm³/mol. The highest BCUT2D eigenvalue weighted by atomic mass is 19.1. The highest BCUT2D eigenvalue weighted by Gasteiger charge is 1.95. The summed E-state index contributed by atoms with van der Waals surface area (Å²) in [6.07, 6.45) is 0. The molecule has 3 heteroatoms. The second kappa shape index (κ2) is 6.05. The highest BCUT2D eigenvalue weighted by Crippen LogP contribution is 2.11. The van der Waals surface area contributed by atoms with Gasteiger partial charge >= 0.3 is 0 Å². The molecule has 0 saturated heterocycles. The van der Waals surface area contributed by atoms with Crippen LogP contribution in [0.3, 0.4) is 0 Å². The van der Waals surface area contributed by atoms with Crippen molar-refractivity contribution >= 4 is 5.69 Å². The summed E-state index contributed by atoms with van der Waals surface area (Å²) in [4.78, 5) is 0. The molecule has 0 aliphatic carbocycles. The van der Waals surface area contributed by atoms with Crippen molar-refractivity contribution in [1.29, 1.82) is 0 Å². The predicted octanol–water partition coefficient (Wildman–Crippen LogP) is 3.63. The summed E-state index contributed by atoms with van der Waals surface area (Å²) >= 11 is 0. The van der Waals surface area contributed by atoms with Crippen LogP contribution in [0.5, 0.6) is 5.75 Å². The summed E-state index contributed by atoms with van der Waals surface area (Å²) in [5.74, 6) is 0.433. The van der Waals surface area contributed by atoms with E-state index in [9.17, 15) is 4.39 Å². The van der Waals surface area contributed by atoms with Crippen molar-refractivity contribution in [3.05, 3.63) is 59.9 Å². The minimum absolute atomic E-state index is 0.250. The van der Waals surface area contributed by atoms with Crippen LogP contribution in [0.25, 0.3) is 0 Å². The van der Waals surface area contributed by atoms with Crippen LogP contribution < -0.4 is 10.1 Å². The number of benzene rings is 2. The third kappa shape index (κ3) is 3.77. The van der Waals surface area contributed by atoms with E-state index < -0.39 is 0 Å². The van der Waals surface area contributed by atoms with Gasteiger partial charge in [0.25, 0.3) is 0 Å². The summed E-state index contributed by atoms with van der Waals surface area (Å²) in [6, 6.07) is 14.2. The second-order valence-electron chi connectivity index (χ2n) is 4.10. The van der Waals surface area contributed by atoms with Crippen LogP contribution in [-0.4, -0.2) is 13.2 Å². The van der Waals surface area contributed by atoms with Gasteiger partial charge < -0.3 is 10.1 Å². The van der Waals surface area contributed by atoms with Crippen LogP contribution in [0, 0.1) is 12.7 Å². The number of aryl methyl sites for hydroxylation is 1. The summed E-state index contributed by atoms with van der Waals surface area (Å²) in [5.41, 5.74) is 2.30. The maximum atomic E-state index is 12.7. The molecule has 0 spiro atoms. The van der Waals surface area contributed by atoms with E-state index in [2.05, 4.69) is 24.4 Å². The summed E-state index contributed by atoms with van der Waals surface area (Å²) in [6.45, 7) is 3.31. The van der Waals surface area contributed by atoms with Crippen LogP contribution in [0.4, 0.5) is 10.1 Å². The number of hydrogen-bond donors (Lipinski definition) is 1. The number of ether oxygens (including phenoxy) is 1. The monoisotopic (exact) mass is 245 g/mol. The summed E-state index contributed by atoms with van der Waals surface area (Å²) in [7, 11) is 0. The minimum Gasteiger partial charge on any atom is -0.492 e. The molecule has 0 fully saturated rings. The molecule has 0 radical (unpaired) electrons. The normalized spacial score (nSPS) is 10.1. The molecule has 0 heterocycles. The van der Waals surface area contributed by atoms with E-state index in [1.165, 1.54) is 17.7 Å². The first kappa shape index (κ1) is 12.4. The van der Waals surface area contributed by atoms with Gasteiger partial charge in [-0.3, -0.25) is 0 Å². The lowest BCUT2D eigenvalue weighted by molar-refractivity contribution is 0.332. The van der Waals surface area contributed by atoms with Crippen molar-refractivity contribution in [3.8, 4) is 5.75 Å². The van der Waals surface area contributed by atoms with Crippen molar-refractivity contribution in [2.75, 3.05) is 18.5 Å². The second-order valence-corrected chi connectivity index (χ2v) is 4.10. The quantitative estimate of drug-likeness (QED) is 0.812. The Balaban J connectivity index is 1.74. The zero-order valence-electron chi connectivity index (χ0n) is 10.3. The van der Waals surface area contributed by atoms with E-state index in [-0.39, 0.29) is 5.82 Å². The van der Waals surface area contributed by atoms with E-state index in [0.717, 1.165) is 5.69 Å². The molecule has 0 atom stereocenters. The van der Waals surface area contributed by atoms with E-state index in [1.54, 1.807) is 12.1 Å². The highest BCUT2D eigenvalue weighted by molar-refractivity contribution is 5.45. The summed E-state index contributed by atoms with van der Waals surface area (Å²) < 4.78 is 18.2. The van der Waals surface area contributed by atoms with Crippen LogP contribution in [0.2, 0.25) is 0 Å². The molecule has 0 aliphatic heterocycles. The molecule has 2 rings (SSSR count). The molecule has 94 valence electrons. The lowest BCUT2D eigenvalue weighted by Crippen LogP contribution is -2.11. The molecular formula is C15H16FNO. The van der Waals surface area contributed by atoms with Crippen LogP contribution in [0.15, 0.2) is 48.5 Å². The zero-order valence-corrected chi connectivity index (χ0v) is 10.3. The van der Waals surface area contributed by atoms with Gasteiger partial charge in [0.2, 0.25) is 0 Å². The Labute approximate surface area is 106 Å². The first-order valence-corrected chi connectivity index (χ1v) is 5.93. The van der Waals surface area contributed by atoms with Gasteiger partial charge in [-0.25, -0.2) is 4.39 Å². The van der Waals surface area contributed by atoms with E-state index >= 15 is 0 Å². The van der Waals surface area contributed by atoms with E-state index in [4.69, 9.17) is 4.74 Å². The first-order chi connectivity index (χ1) is 8.74. The SMILES string of the molecule is Cc1cccc(NCCOc2ccc(F)cc2)c1. The molecule has 0 aromatic heterocycles. The fourth-order valence-electron chi connectivity index (χ4n) is 1.65. The topological polar surface area (TPSA) is 21.3 Å². The Morgan fingerprint density at radius 2 is 1.89 bits per heavy atom. The molecule has 0 unspecified atom stereocenters. The molecule has 1 N–H and O–H groups in total.